The number of benzene rings is 8. The molecular formula is C46H33N3. The Morgan fingerprint density at radius 2 is 0.959 bits per heavy atom. The molecule has 8 aromatic carbocycles. The second-order valence-electron chi connectivity index (χ2n) is 12.3. The minimum atomic E-state index is 1.07. The fourth-order valence-electron chi connectivity index (χ4n) is 7.01. The number of aromatic nitrogens is 1. The van der Waals surface area contributed by atoms with Gasteiger partial charge in [-0.1, -0.05) is 115 Å². The molecule has 3 heteroatoms. The first kappa shape index (κ1) is 28.6. The Bertz CT molecular complexity index is 2540. The first-order chi connectivity index (χ1) is 24.3. The second-order valence-corrected chi connectivity index (χ2v) is 12.3. The summed E-state index contributed by atoms with van der Waals surface area (Å²) in [5.74, 6) is 0. The molecule has 9 rings (SSSR count). The molecule has 0 radical (unpaired) electrons. The summed E-state index contributed by atoms with van der Waals surface area (Å²) in [5.41, 5.74) is 11.4. The van der Waals surface area contributed by atoms with Gasteiger partial charge in [0.25, 0.3) is 0 Å². The van der Waals surface area contributed by atoms with Gasteiger partial charge in [-0.15, -0.1) is 0 Å². The lowest BCUT2D eigenvalue weighted by Crippen LogP contribution is -2.09. The molecule has 9 aromatic rings. The molecule has 0 aliphatic carbocycles. The summed E-state index contributed by atoms with van der Waals surface area (Å²) < 4.78 is 2.42. The molecule has 232 valence electrons. The lowest BCUT2D eigenvalue weighted by molar-refractivity contribution is 1.18. The van der Waals surface area contributed by atoms with Crippen LogP contribution in [0.4, 0.5) is 28.4 Å². The number of fused-ring (bicyclic) bond motifs is 5. The number of nitrogens with one attached hydrogen (secondary N) is 1. The van der Waals surface area contributed by atoms with Gasteiger partial charge in [0.15, 0.2) is 0 Å². The van der Waals surface area contributed by atoms with E-state index in [0.29, 0.717) is 0 Å². The molecule has 0 fully saturated rings. The Morgan fingerprint density at radius 1 is 0.388 bits per heavy atom. The van der Waals surface area contributed by atoms with Gasteiger partial charge in [0, 0.05) is 50.3 Å². The number of hydrogen-bond acceptors (Lipinski definition) is 2. The SMILES string of the molecule is c1ccc(Nc2ccc(-c3ccc(N(c4ccccc4)c4ccc5c(c4)c4ccc6ccccc6c4n5-c4ccccc4)cc3)cc2)cc1. The average Bonchev–Trinajstić information content (AvgIpc) is 3.51. The molecule has 0 saturated carbocycles. The van der Waals surface area contributed by atoms with E-state index >= 15 is 0 Å². The number of nitrogens with zero attached hydrogens (tertiary/aromatic N) is 2. The lowest BCUT2D eigenvalue weighted by Gasteiger charge is -2.26. The van der Waals surface area contributed by atoms with E-state index in [2.05, 4.69) is 191 Å². The third-order valence-electron chi connectivity index (χ3n) is 9.33. The van der Waals surface area contributed by atoms with Gasteiger partial charge in [-0.3, -0.25) is 0 Å². The molecule has 1 aromatic heterocycles. The summed E-state index contributed by atoms with van der Waals surface area (Å²) in [6.07, 6.45) is 0. The summed E-state index contributed by atoms with van der Waals surface area (Å²) >= 11 is 0. The van der Waals surface area contributed by atoms with Gasteiger partial charge in [0.1, 0.15) is 0 Å². The standard InChI is InChI=1S/C46H33N3/c1-4-13-36(14-5-1)47-37-25-20-33(21-26-37)34-22-27-40(28-23-34)48(38-15-6-2-7-16-38)41-29-31-45-44(32-41)43-30-24-35-12-10-11-19-42(35)46(43)49(45)39-17-8-3-9-18-39/h1-32,47H. The maximum Gasteiger partial charge on any atom is 0.0619 e. The van der Waals surface area contributed by atoms with E-state index < -0.39 is 0 Å². The fraction of sp³-hybridized carbons (Fsp3) is 0. The lowest BCUT2D eigenvalue weighted by atomic mass is 10.0. The zero-order valence-electron chi connectivity index (χ0n) is 26.9. The molecule has 0 aliphatic heterocycles. The van der Waals surface area contributed by atoms with E-state index in [0.717, 1.165) is 34.1 Å². The summed E-state index contributed by atoms with van der Waals surface area (Å²) in [6, 6.07) is 69.2. The summed E-state index contributed by atoms with van der Waals surface area (Å²) in [7, 11) is 0. The zero-order valence-corrected chi connectivity index (χ0v) is 26.9. The maximum atomic E-state index is 3.48. The number of hydrogen-bond donors (Lipinski definition) is 1. The van der Waals surface area contributed by atoms with E-state index in [9.17, 15) is 0 Å². The van der Waals surface area contributed by atoms with Crippen LogP contribution in [0.3, 0.4) is 0 Å². The average molecular weight is 628 g/mol. The molecule has 49 heavy (non-hydrogen) atoms. The first-order valence-electron chi connectivity index (χ1n) is 16.7. The molecule has 3 nitrogen and oxygen atoms in total. The number of para-hydroxylation sites is 3. The molecule has 0 atom stereocenters. The highest BCUT2D eigenvalue weighted by molar-refractivity contribution is 6.19. The third kappa shape index (κ3) is 5.28. The van der Waals surface area contributed by atoms with E-state index in [1.165, 1.54) is 43.7 Å². The number of anilines is 5. The molecule has 0 amide bonds. The van der Waals surface area contributed by atoms with Crippen molar-refractivity contribution in [2.24, 2.45) is 0 Å². The van der Waals surface area contributed by atoms with Crippen molar-refractivity contribution in [1.82, 2.24) is 4.57 Å². The first-order valence-corrected chi connectivity index (χ1v) is 16.7. The zero-order chi connectivity index (χ0) is 32.6. The van der Waals surface area contributed by atoms with Crippen LogP contribution >= 0.6 is 0 Å². The van der Waals surface area contributed by atoms with Crippen LogP contribution in [0.1, 0.15) is 0 Å². The van der Waals surface area contributed by atoms with Gasteiger partial charge in [-0.25, -0.2) is 0 Å². The van der Waals surface area contributed by atoms with Crippen LogP contribution < -0.4 is 10.2 Å². The molecular weight excluding hydrogens is 595 g/mol. The summed E-state index contributed by atoms with van der Waals surface area (Å²) in [6.45, 7) is 0. The Balaban J connectivity index is 1.14. The van der Waals surface area contributed by atoms with Crippen molar-refractivity contribution >= 4 is 61.0 Å². The Kier molecular flexibility index (Phi) is 7.14. The van der Waals surface area contributed by atoms with Crippen molar-refractivity contribution in [1.29, 1.82) is 0 Å². The fourth-order valence-corrected chi connectivity index (χ4v) is 7.01. The van der Waals surface area contributed by atoms with Gasteiger partial charge < -0.3 is 14.8 Å². The van der Waals surface area contributed by atoms with Crippen LogP contribution in [0.2, 0.25) is 0 Å². The molecule has 0 saturated heterocycles. The Morgan fingerprint density at radius 3 is 1.69 bits per heavy atom. The van der Waals surface area contributed by atoms with Gasteiger partial charge in [0.2, 0.25) is 0 Å². The molecule has 1 heterocycles. The van der Waals surface area contributed by atoms with E-state index in [1.54, 1.807) is 0 Å². The maximum absolute atomic E-state index is 3.48. The highest BCUT2D eigenvalue weighted by atomic mass is 15.1. The van der Waals surface area contributed by atoms with Gasteiger partial charge in [-0.2, -0.15) is 0 Å². The van der Waals surface area contributed by atoms with Crippen molar-refractivity contribution in [2.75, 3.05) is 10.2 Å². The molecule has 0 bridgehead atoms. The topological polar surface area (TPSA) is 20.2 Å². The van der Waals surface area contributed by atoms with Crippen LogP contribution in [0.25, 0.3) is 49.4 Å². The van der Waals surface area contributed by atoms with Crippen molar-refractivity contribution < 1.29 is 0 Å². The Hall–Kier alpha value is -6.58. The van der Waals surface area contributed by atoms with Crippen LogP contribution in [-0.2, 0) is 0 Å². The summed E-state index contributed by atoms with van der Waals surface area (Å²) in [4.78, 5) is 2.35. The predicted molar refractivity (Wildman–Crippen MR) is 208 cm³/mol. The second kappa shape index (κ2) is 12.2. The van der Waals surface area contributed by atoms with Crippen molar-refractivity contribution in [3.8, 4) is 16.8 Å². The number of rotatable bonds is 7. The Labute approximate surface area is 285 Å². The predicted octanol–water partition coefficient (Wildman–Crippen LogP) is 12.8. The van der Waals surface area contributed by atoms with Gasteiger partial charge in [-0.05, 0) is 95.4 Å². The van der Waals surface area contributed by atoms with Crippen molar-refractivity contribution in [3.63, 3.8) is 0 Å². The van der Waals surface area contributed by atoms with E-state index in [4.69, 9.17) is 0 Å². The monoisotopic (exact) mass is 627 g/mol. The molecule has 0 spiro atoms. The largest absolute Gasteiger partial charge is 0.356 e. The minimum Gasteiger partial charge on any atom is -0.356 e. The van der Waals surface area contributed by atoms with E-state index in [-0.39, 0.29) is 0 Å². The highest BCUT2D eigenvalue weighted by Gasteiger charge is 2.18. The quantitative estimate of drug-likeness (QED) is 0.190. The molecule has 1 N–H and O–H groups in total. The summed E-state index contributed by atoms with van der Waals surface area (Å²) in [5, 5.41) is 8.44. The third-order valence-corrected chi connectivity index (χ3v) is 9.33. The molecule has 0 aliphatic rings. The smallest absolute Gasteiger partial charge is 0.0619 e. The van der Waals surface area contributed by atoms with Gasteiger partial charge in [0.05, 0.1) is 11.0 Å². The van der Waals surface area contributed by atoms with Crippen molar-refractivity contribution in [3.05, 3.63) is 194 Å². The highest BCUT2D eigenvalue weighted by Crippen LogP contribution is 2.41. The molecule has 0 unspecified atom stereocenters. The minimum absolute atomic E-state index is 1.07. The van der Waals surface area contributed by atoms with E-state index in [1.807, 2.05) is 18.2 Å². The van der Waals surface area contributed by atoms with Crippen LogP contribution in [0.15, 0.2) is 194 Å². The van der Waals surface area contributed by atoms with Crippen LogP contribution in [0, 0.1) is 0 Å². The van der Waals surface area contributed by atoms with Crippen LogP contribution in [0.5, 0.6) is 0 Å². The van der Waals surface area contributed by atoms with Crippen molar-refractivity contribution in [2.45, 2.75) is 0 Å². The van der Waals surface area contributed by atoms with Gasteiger partial charge >= 0.3 is 0 Å². The normalized spacial score (nSPS) is 11.3. The van der Waals surface area contributed by atoms with Crippen LogP contribution in [-0.4, -0.2) is 4.57 Å².